The Morgan fingerprint density at radius 1 is 1.12 bits per heavy atom. The van der Waals surface area contributed by atoms with Crippen LogP contribution in [0.5, 0.6) is 17.4 Å². The number of hydrogen-bond acceptors (Lipinski definition) is 4. The van der Waals surface area contributed by atoms with Gasteiger partial charge in [0.15, 0.2) is 5.75 Å². The maximum absolute atomic E-state index is 13.1. The molecule has 4 rings (SSSR count). The third kappa shape index (κ3) is 2.42. The molecule has 3 N–H and O–H groups in total. The number of aromatic amines is 1. The molecule has 0 saturated heterocycles. The number of aromatic nitrogens is 2. The van der Waals surface area contributed by atoms with E-state index in [-0.39, 0.29) is 22.8 Å². The van der Waals surface area contributed by atoms with E-state index in [9.17, 15) is 14.6 Å². The van der Waals surface area contributed by atoms with Gasteiger partial charge >= 0.3 is 0 Å². The molecule has 6 heteroatoms. The minimum absolute atomic E-state index is 0.0749. The van der Waals surface area contributed by atoms with Crippen LogP contribution in [0.4, 0.5) is 4.39 Å². The van der Waals surface area contributed by atoms with Gasteiger partial charge in [0, 0.05) is 17.8 Å². The number of nitrogens with one attached hydrogen (secondary N) is 1. The van der Waals surface area contributed by atoms with E-state index in [0.717, 1.165) is 11.1 Å². The highest BCUT2D eigenvalue weighted by Crippen LogP contribution is 2.44. The van der Waals surface area contributed by atoms with Crippen LogP contribution in [0.1, 0.15) is 11.1 Å². The van der Waals surface area contributed by atoms with Gasteiger partial charge in [-0.2, -0.15) is 0 Å². The summed E-state index contributed by atoms with van der Waals surface area (Å²) in [4.78, 5) is 6.91. The van der Waals surface area contributed by atoms with Gasteiger partial charge in [-0.25, -0.2) is 9.37 Å². The van der Waals surface area contributed by atoms with E-state index in [1.807, 2.05) is 6.07 Å². The first kappa shape index (κ1) is 15.3. The molecule has 0 saturated carbocycles. The first-order valence-corrected chi connectivity index (χ1v) is 7.70. The Morgan fingerprint density at radius 3 is 2.60 bits per heavy atom. The summed E-state index contributed by atoms with van der Waals surface area (Å²) in [5.41, 5.74) is 2.36. The van der Waals surface area contributed by atoms with Crippen molar-refractivity contribution >= 4 is 21.7 Å². The maximum atomic E-state index is 13.1. The van der Waals surface area contributed by atoms with Gasteiger partial charge in [0.1, 0.15) is 11.6 Å². The summed E-state index contributed by atoms with van der Waals surface area (Å²) in [5.74, 6) is -0.0650. The molecule has 5 nitrogen and oxygen atoms in total. The molecule has 25 heavy (non-hydrogen) atoms. The number of ether oxygens (including phenoxy) is 1. The summed E-state index contributed by atoms with van der Waals surface area (Å²) in [7, 11) is 1.53. The predicted octanol–water partition coefficient (Wildman–Crippen LogP) is 3.87. The lowest BCUT2D eigenvalue weighted by Crippen LogP contribution is -1.94. The number of phenols is 1. The molecule has 4 aromatic rings. The smallest absolute Gasteiger partial charge is 0.222 e. The predicted molar refractivity (Wildman–Crippen MR) is 92.7 cm³/mol. The fourth-order valence-corrected chi connectivity index (χ4v) is 3.13. The highest BCUT2D eigenvalue weighted by molar-refractivity contribution is 6.11. The fraction of sp³-hybridized carbons (Fsp3) is 0.105. The highest BCUT2D eigenvalue weighted by Gasteiger charge is 2.19. The number of methoxy groups -OCH3 is 1. The summed E-state index contributed by atoms with van der Waals surface area (Å²) < 4.78 is 18.5. The second-order valence-corrected chi connectivity index (χ2v) is 5.85. The molecule has 0 amide bonds. The number of phenolic OH excluding ortho intramolecular Hbond substituents is 1. The van der Waals surface area contributed by atoms with E-state index < -0.39 is 0 Å². The number of fused-ring (bicyclic) bond motifs is 2. The number of aromatic hydroxyl groups is 2. The second-order valence-electron chi connectivity index (χ2n) is 5.85. The Balaban J connectivity index is 1.90. The average molecular weight is 338 g/mol. The third-order valence-electron chi connectivity index (χ3n) is 4.30. The molecule has 2 heterocycles. The van der Waals surface area contributed by atoms with Gasteiger partial charge in [-0.1, -0.05) is 12.1 Å². The van der Waals surface area contributed by atoms with Crippen molar-refractivity contribution in [3.8, 4) is 17.4 Å². The number of pyridine rings is 1. The van der Waals surface area contributed by atoms with Crippen LogP contribution < -0.4 is 4.74 Å². The van der Waals surface area contributed by atoms with Crippen LogP contribution in [-0.2, 0) is 6.42 Å². The second kappa shape index (κ2) is 5.66. The maximum Gasteiger partial charge on any atom is 0.222 e. The number of halogens is 1. The van der Waals surface area contributed by atoms with Gasteiger partial charge in [-0.15, -0.1) is 0 Å². The van der Waals surface area contributed by atoms with Gasteiger partial charge in [-0.05, 0) is 35.7 Å². The van der Waals surface area contributed by atoms with E-state index in [1.54, 1.807) is 18.3 Å². The van der Waals surface area contributed by atoms with Gasteiger partial charge in [0.05, 0.1) is 23.4 Å². The first-order chi connectivity index (χ1) is 12.1. The Labute approximate surface area is 142 Å². The Morgan fingerprint density at radius 2 is 1.88 bits per heavy atom. The van der Waals surface area contributed by atoms with Crippen molar-refractivity contribution in [2.24, 2.45) is 0 Å². The molecule has 0 atom stereocenters. The summed E-state index contributed by atoms with van der Waals surface area (Å²) in [5, 5.41) is 21.8. The van der Waals surface area contributed by atoms with E-state index >= 15 is 0 Å². The number of hydrogen-bond donors (Lipinski definition) is 3. The average Bonchev–Trinajstić information content (AvgIpc) is 2.99. The van der Waals surface area contributed by atoms with Crippen LogP contribution in [0.3, 0.4) is 0 Å². The molecule has 0 aliphatic rings. The standard InChI is InChI=1S/C19H15FN2O3/c1-25-18-13-7-11(6-10-2-4-12(20)5-3-10)8-21-16(13)17(23)15-14(18)9-22-19(15)24/h2-5,7-9,21,23-24H,6H2,1H3. The SMILES string of the molecule is COc1c2cc(Cc3ccc(F)cc3)c[nH]c2c(O)c2c(O)ncc12. The van der Waals surface area contributed by atoms with E-state index in [0.29, 0.717) is 28.5 Å². The topological polar surface area (TPSA) is 78.4 Å². The van der Waals surface area contributed by atoms with E-state index in [2.05, 4.69) is 9.97 Å². The largest absolute Gasteiger partial charge is 0.505 e. The lowest BCUT2D eigenvalue weighted by molar-refractivity contribution is 0.423. The van der Waals surface area contributed by atoms with E-state index in [1.165, 1.54) is 25.4 Å². The Kier molecular flexibility index (Phi) is 3.46. The van der Waals surface area contributed by atoms with Crippen molar-refractivity contribution in [3.05, 3.63) is 59.7 Å². The summed E-state index contributed by atoms with van der Waals surface area (Å²) >= 11 is 0. The zero-order valence-electron chi connectivity index (χ0n) is 13.4. The zero-order valence-corrected chi connectivity index (χ0v) is 13.4. The van der Waals surface area contributed by atoms with Crippen molar-refractivity contribution in [2.75, 3.05) is 7.11 Å². The Hall–Kier alpha value is -3.28. The summed E-state index contributed by atoms with van der Waals surface area (Å²) in [6.07, 6.45) is 3.83. The van der Waals surface area contributed by atoms with Gasteiger partial charge in [0.2, 0.25) is 5.88 Å². The molecule has 0 fully saturated rings. The van der Waals surface area contributed by atoms with Crippen molar-refractivity contribution in [3.63, 3.8) is 0 Å². The lowest BCUT2D eigenvalue weighted by Gasteiger charge is -2.12. The van der Waals surface area contributed by atoms with Crippen LogP contribution >= 0.6 is 0 Å². The number of benzene rings is 2. The molecule has 2 aromatic carbocycles. The lowest BCUT2D eigenvalue weighted by atomic mass is 10.0. The monoisotopic (exact) mass is 338 g/mol. The molecule has 0 radical (unpaired) electrons. The fourth-order valence-electron chi connectivity index (χ4n) is 3.13. The van der Waals surface area contributed by atoms with E-state index in [4.69, 9.17) is 4.74 Å². The van der Waals surface area contributed by atoms with Crippen LogP contribution in [0.15, 0.2) is 42.7 Å². The minimum atomic E-state index is -0.272. The zero-order chi connectivity index (χ0) is 17.6. The molecule has 0 aliphatic carbocycles. The quantitative estimate of drug-likeness (QED) is 0.530. The molecule has 0 aliphatic heterocycles. The molecule has 0 unspecified atom stereocenters. The van der Waals surface area contributed by atoms with Gasteiger partial charge in [-0.3, -0.25) is 0 Å². The number of nitrogens with zero attached hydrogens (tertiary/aromatic N) is 1. The molecular formula is C19H15FN2O3. The minimum Gasteiger partial charge on any atom is -0.505 e. The molecule has 126 valence electrons. The van der Waals surface area contributed by atoms with Gasteiger partial charge in [0.25, 0.3) is 0 Å². The number of H-pyrrole nitrogens is 1. The summed E-state index contributed by atoms with van der Waals surface area (Å²) in [6.45, 7) is 0. The van der Waals surface area contributed by atoms with Crippen molar-refractivity contribution < 1.29 is 19.3 Å². The normalized spacial score (nSPS) is 11.3. The van der Waals surface area contributed by atoms with Crippen molar-refractivity contribution in [2.45, 2.75) is 6.42 Å². The first-order valence-electron chi connectivity index (χ1n) is 7.70. The highest BCUT2D eigenvalue weighted by atomic mass is 19.1. The third-order valence-corrected chi connectivity index (χ3v) is 4.30. The van der Waals surface area contributed by atoms with Crippen LogP contribution in [0.25, 0.3) is 21.7 Å². The number of rotatable bonds is 3. The molecule has 0 spiro atoms. The molecular weight excluding hydrogens is 323 g/mol. The van der Waals surface area contributed by atoms with Crippen molar-refractivity contribution in [1.29, 1.82) is 0 Å². The Bertz CT molecular complexity index is 1090. The van der Waals surface area contributed by atoms with Gasteiger partial charge < -0.3 is 19.9 Å². The van der Waals surface area contributed by atoms with Crippen molar-refractivity contribution in [1.82, 2.24) is 9.97 Å². The molecule has 2 aromatic heterocycles. The van der Waals surface area contributed by atoms with Crippen LogP contribution in [-0.4, -0.2) is 27.3 Å². The molecule has 0 bridgehead atoms. The van der Waals surface area contributed by atoms with Crippen LogP contribution in [0.2, 0.25) is 0 Å². The summed E-state index contributed by atoms with van der Waals surface area (Å²) in [6, 6.07) is 8.22. The van der Waals surface area contributed by atoms with Crippen LogP contribution in [0, 0.1) is 5.82 Å².